The maximum atomic E-state index is 11.1. The summed E-state index contributed by atoms with van der Waals surface area (Å²) in [6, 6.07) is 8.38. The van der Waals surface area contributed by atoms with Crippen molar-refractivity contribution in [2.24, 2.45) is 0 Å². The number of rotatable bonds is 3. The zero-order valence-corrected chi connectivity index (χ0v) is 12.0. The molecule has 0 radical (unpaired) electrons. The molecule has 2 N–H and O–H groups in total. The normalized spacial score (nSPS) is 18.2. The summed E-state index contributed by atoms with van der Waals surface area (Å²) in [7, 11) is 0. The van der Waals surface area contributed by atoms with E-state index in [9.17, 15) is 9.90 Å². The van der Waals surface area contributed by atoms with Gasteiger partial charge in [0.25, 0.3) is 0 Å². The average molecular weight is 299 g/mol. The molecule has 0 amide bonds. The number of benzene rings is 1. The molecule has 1 saturated heterocycles. The fourth-order valence-corrected chi connectivity index (χ4v) is 2.62. The number of carboxylic acid groups (broad SMARTS) is 1. The van der Waals surface area contributed by atoms with Crippen molar-refractivity contribution in [1.82, 2.24) is 9.97 Å². The smallest absolute Gasteiger partial charge is 0.335 e. The number of anilines is 1. The van der Waals surface area contributed by atoms with E-state index in [0.29, 0.717) is 17.9 Å². The van der Waals surface area contributed by atoms with Crippen LogP contribution >= 0.6 is 0 Å². The van der Waals surface area contributed by atoms with Gasteiger partial charge in [-0.3, -0.25) is 0 Å². The van der Waals surface area contributed by atoms with Crippen molar-refractivity contribution in [3.05, 3.63) is 42.1 Å². The number of nitrogens with zero attached hydrogens (tertiary/aromatic N) is 3. The van der Waals surface area contributed by atoms with Crippen LogP contribution in [0.2, 0.25) is 0 Å². The first kappa shape index (κ1) is 14.5. The maximum Gasteiger partial charge on any atom is 0.335 e. The van der Waals surface area contributed by atoms with E-state index in [1.807, 2.05) is 11.0 Å². The van der Waals surface area contributed by atoms with Gasteiger partial charge < -0.3 is 15.1 Å². The summed E-state index contributed by atoms with van der Waals surface area (Å²) < 4.78 is 0. The third-order valence-corrected chi connectivity index (χ3v) is 3.73. The third-order valence-electron chi connectivity index (χ3n) is 3.73. The van der Waals surface area contributed by atoms with E-state index >= 15 is 0 Å². The number of hydrogen-bond acceptors (Lipinski definition) is 5. The number of β-amino-alcohol motifs (C(OH)–C–C–N with tert-alkyl or cyclic N) is 1. The average Bonchev–Trinajstić information content (AvgIpc) is 2.55. The Morgan fingerprint density at radius 3 is 2.95 bits per heavy atom. The molecule has 1 aromatic carbocycles. The van der Waals surface area contributed by atoms with Crippen LogP contribution in [0.5, 0.6) is 0 Å². The van der Waals surface area contributed by atoms with Gasteiger partial charge in [-0.15, -0.1) is 0 Å². The lowest BCUT2D eigenvalue weighted by Crippen LogP contribution is -2.38. The van der Waals surface area contributed by atoms with Crippen LogP contribution in [0.25, 0.3) is 11.4 Å². The van der Waals surface area contributed by atoms with Gasteiger partial charge in [0.2, 0.25) is 0 Å². The van der Waals surface area contributed by atoms with Gasteiger partial charge in [-0.1, -0.05) is 12.1 Å². The van der Waals surface area contributed by atoms with E-state index < -0.39 is 5.97 Å². The molecule has 2 heterocycles. The Balaban J connectivity index is 1.90. The number of aliphatic hydroxyl groups is 1. The van der Waals surface area contributed by atoms with Crippen molar-refractivity contribution in [2.45, 2.75) is 18.9 Å². The summed E-state index contributed by atoms with van der Waals surface area (Å²) in [5.74, 6) is 0.266. The van der Waals surface area contributed by atoms with Crippen LogP contribution in [0.4, 0.5) is 5.82 Å². The lowest BCUT2D eigenvalue weighted by atomic mass is 10.1. The molecule has 0 aliphatic carbocycles. The second kappa shape index (κ2) is 6.11. The Kier molecular flexibility index (Phi) is 4.02. The van der Waals surface area contributed by atoms with E-state index in [-0.39, 0.29) is 11.7 Å². The lowest BCUT2D eigenvalue weighted by molar-refractivity contribution is 0.0697. The molecular formula is C16H17N3O3. The van der Waals surface area contributed by atoms with Gasteiger partial charge in [0.1, 0.15) is 5.82 Å². The molecule has 1 aliphatic rings. The number of carboxylic acids is 1. The minimum atomic E-state index is -0.975. The summed E-state index contributed by atoms with van der Waals surface area (Å²) in [4.78, 5) is 21.8. The topological polar surface area (TPSA) is 86.5 Å². The fraction of sp³-hybridized carbons (Fsp3) is 0.312. The molecule has 1 atom stereocenters. The van der Waals surface area contributed by atoms with Gasteiger partial charge in [-0.25, -0.2) is 14.8 Å². The standard InChI is InChI=1S/C16H17N3O3/c20-13-5-2-8-19(10-13)14-6-7-17-15(18-14)11-3-1-4-12(9-11)16(21)22/h1,3-4,6-7,9,13,20H,2,5,8,10H2,(H,21,22)/t13-/m1/s1. The molecule has 6 nitrogen and oxygen atoms in total. The predicted molar refractivity (Wildman–Crippen MR) is 81.9 cm³/mol. The second-order valence-electron chi connectivity index (χ2n) is 5.37. The van der Waals surface area contributed by atoms with Crippen molar-refractivity contribution in [1.29, 1.82) is 0 Å². The first-order chi connectivity index (χ1) is 10.6. The van der Waals surface area contributed by atoms with E-state index in [4.69, 9.17) is 5.11 Å². The van der Waals surface area contributed by atoms with Crippen LogP contribution in [0.15, 0.2) is 36.5 Å². The van der Waals surface area contributed by atoms with Crippen LogP contribution in [-0.4, -0.2) is 45.3 Å². The Labute approximate surface area is 128 Å². The minimum Gasteiger partial charge on any atom is -0.478 e. The summed E-state index contributed by atoms with van der Waals surface area (Å²) in [6.45, 7) is 1.41. The van der Waals surface area contributed by atoms with Crippen LogP contribution < -0.4 is 4.90 Å². The Bertz CT molecular complexity index is 690. The quantitative estimate of drug-likeness (QED) is 0.898. The third kappa shape index (κ3) is 3.07. The number of hydrogen-bond donors (Lipinski definition) is 2. The molecule has 0 unspecified atom stereocenters. The van der Waals surface area contributed by atoms with Crippen molar-refractivity contribution in [2.75, 3.05) is 18.0 Å². The van der Waals surface area contributed by atoms with Gasteiger partial charge >= 0.3 is 5.97 Å². The molecule has 6 heteroatoms. The zero-order chi connectivity index (χ0) is 15.5. The van der Waals surface area contributed by atoms with E-state index in [1.165, 1.54) is 6.07 Å². The molecule has 1 fully saturated rings. The molecule has 0 bridgehead atoms. The number of aromatic carboxylic acids is 1. The highest BCUT2D eigenvalue weighted by molar-refractivity contribution is 5.89. The number of carbonyl (C=O) groups is 1. The minimum absolute atomic E-state index is 0.208. The summed E-state index contributed by atoms with van der Waals surface area (Å²) in [5, 5.41) is 18.8. The van der Waals surface area contributed by atoms with Crippen LogP contribution in [0.3, 0.4) is 0 Å². The van der Waals surface area contributed by atoms with Crippen LogP contribution in [0.1, 0.15) is 23.2 Å². The fourth-order valence-electron chi connectivity index (χ4n) is 2.62. The van der Waals surface area contributed by atoms with Gasteiger partial charge in [-0.2, -0.15) is 0 Å². The number of aliphatic hydroxyl groups excluding tert-OH is 1. The van der Waals surface area contributed by atoms with Crippen molar-refractivity contribution >= 4 is 11.8 Å². The maximum absolute atomic E-state index is 11.1. The monoisotopic (exact) mass is 299 g/mol. The molecule has 114 valence electrons. The molecule has 2 aromatic rings. The highest BCUT2D eigenvalue weighted by Crippen LogP contribution is 2.22. The number of piperidine rings is 1. The van der Waals surface area contributed by atoms with Gasteiger partial charge in [-0.05, 0) is 31.0 Å². The van der Waals surface area contributed by atoms with Crippen LogP contribution in [0, 0.1) is 0 Å². The first-order valence-electron chi connectivity index (χ1n) is 7.23. The first-order valence-corrected chi connectivity index (χ1v) is 7.23. The van der Waals surface area contributed by atoms with E-state index in [2.05, 4.69) is 9.97 Å². The van der Waals surface area contributed by atoms with Gasteiger partial charge in [0.15, 0.2) is 5.82 Å². The van der Waals surface area contributed by atoms with Crippen LogP contribution in [-0.2, 0) is 0 Å². The highest BCUT2D eigenvalue weighted by atomic mass is 16.4. The second-order valence-corrected chi connectivity index (χ2v) is 5.37. The molecule has 1 aliphatic heterocycles. The largest absolute Gasteiger partial charge is 0.478 e. The SMILES string of the molecule is O=C(O)c1cccc(-c2nccc(N3CCC[C@@H](O)C3)n2)c1. The van der Waals surface area contributed by atoms with E-state index in [1.54, 1.807) is 24.4 Å². The zero-order valence-electron chi connectivity index (χ0n) is 12.0. The molecule has 3 rings (SSSR count). The molecule has 1 aromatic heterocycles. The summed E-state index contributed by atoms with van der Waals surface area (Å²) in [5.41, 5.74) is 0.874. The van der Waals surface area contributed by atoms with Crippen molar-refractivity contribution < 1.29 is 15.0 Å². The van der Waals surface area contributed by atoms with Gasteiger partial charge in [0.05, 0.1) is 11.7 Å². The summed E-state index contributed by atoms with van der Waals surface area (Å²) in [6.07, 6.45) is 3.07. The molecule has 0 spiro atoms. The Morgan fingerprint density at radius 1 is 1.32 bits per heavy atom. The Morgan fingerprint density at radius 2 is 2.18 bits per heavy atom. The predicted octanol–water partition coefficient (Wildman–Crippen LogP) is 1.80. The number of aromatic nitrogens is 2. The summed E-state index contributed by atoms with van der Waals surface area (Å²) >= 11 is 0. The van der Waals surface area contributed by atoms with Gasteiger partial charge in [0, 0.05) is 24.8 Å². The Hall–Kier alpha value is -2.47. The van der Waals surface area contributed by atoms with Crippen molar-refractivity contribution in [3.8, 4) is 11.4 Å². The molecular weight excluding hydrogens is 282 g/mol. The highest BCUT2D eigenvalue weighted by Gasteiger charge is 2.19. The molecule has 0 saturated carbocycles. The van der Waals surface area contributed by atoms with E-state index in [0.717, 1.165) is 25.2 Å². The molecule has 22 heavy (non-hydrogen) atoms. The lowest BCUT2D eigenvalue weighted by Gasteiger charge is -2.31. The van der Waals surface area contributed by atoms with Crippen molar-refractivity contribution in [3.63, 3.8) is 0 Å².